The third kappa shape index (κ3) is 5.65. The Kier molecular flexibility index (Phi) is 7.17. The molecule has 1 saturated carbocycles. The van der Waals surface area contributed by atoms with E-state index in [2.05, 4.69) is 16.1 Å². The van der Waals surface area contributed by atoms with Crippen LogP contribution in [0.4, 0.5) is 13.2 Å². The number of quaternary nitrogens is 1. The highest BCUT2D eigenvalue weighted by Crippen LogP contribution is 2.49. The third-order valence-corrected chi connectivity index (χ3v) is 5.96. The van der Waals surface area contributed by atoms with Gasteiger partial charge in [0, 0.05) is 24.3 Å². The zero-order valence-corrected chi connectivity index (χ0v) is 18.3. The quantitative estimate of drug-likeness (QED) is 0.267. The number of hydrogen-bond acceptors (Lipinski definition) is 4. The highest BCUT2D eigenvalue weighted by atomic mass is 19.4. The van der Waals surface area contributed by atoms with Crippen LogP contribution in [-0.4, -0.2) is 53.6 Å². The molecule has 3 rings (SSSR count). The fourth-order valence-electron chi connectivity index (χ4n) is 3.93. The van der Waals surface area contributed by atoms with Crippen LogP contribution in [0.5, 0.6) is 0 Å². The number of rotatable bonds is 11. The molecular weight excluding hydrogens is 459 g/mol. The normalized spacial score (nSPS) is 26.3. The molecule has 1 heterocycles. The predicted molar refractivity (Wildman–Crippen MR) is 111 cm³/mol. The number of nitrogens with zero attached hydrogens (tertiary/aromatic N) is 1. The number of benzene rings is 1. The van der Waals surface area contributed by atoms with Crippen molar-refractivity contribution in [2.75, 3.05) is 6.54 Å². The molecule has 0 aromatic heterocycles. The first-order chi connectivity index (χ1) is 15.8. The summed E-state index contributed by atoms with van der Waals surface area (Å²) in [5, 5.41) is 13.4. The summed E-state index contributed by atoms with van der Waals surface area (Å²) in [6, 6.07) is 4.03. The van der Waals surface area contributed by atoms with Crippen LogP contribution in [0.15, 0.2) is 24.3 Å². The van der Waals surface area contributed by atoms with Crippen LogP contribution in [0, 0.1) is 5.92 Å². The Hall–Kier alpha value is -3.19. The summed E-state index contributed by atoms with van der Waals surface area (Å²) in [4.78, 5) is 46.3. The smallest absolute Gasteiger partial charge is 0.431 e. The monoisotopic (exact) mass is 485 g/mol. The van der Waals surface area contributed by atoms with Crippen LogP contribution in [0.3, 0.4) is 0 Å². The van der Waals surface area contributed by atoms with Crippen molar-refractivity contribution in [3.63, 3.8) is 0 Å². The van der Waals surface area contributed by atoms with E-state index < -0.39 is 48.1 Å². The van der Waals surface area contributed by atoms with Crippen molar-refractivity contribution in [1.29, 1.82) is 0 Å². The minimum Gasteiger partial charge on any atom is -0.480 e. The molecule has 1 aliphatic heterocycles. The number of alkyl halides is 3. The van der Waals surface area contributed by atoms with Crippen molar-refractivity contribution >= 4 is 23.7 Å². The number of carbonyl (C=O) groups excluding carboxylic acids is 3. The summed E-state index contributed by atoms with van der Waals surface area (Å²) >= 11 is 0. The van der Waals surface area contributed by atoms with E-state index >= 15 is 0 Å². The Bertz CT molecular complexity index is 971. The number of aliphatic carboxylic acids is 1. The maximum atomic E-state index is 13.8. The number of carboxylic acid groups (broad SMARTS) is 1. The molecule has 186 valence electrons. The molecular formula is C21H26F3N5O5. The summed E-state index contributed by atoms with van der Waals surface area (Å²) in [5.74, 6) is -3.24. The van der Waals surface area contributed by atoms with Gasteiger partial charge in [0.1, 0.15) is 12.6 Å². The molecule has 2 aliphatic rings. The standard InChI is InChI=1S/C21H26F3N5O5/c1-11-8-15(11)29-20(28-29,21(22,23)24)13-4-2-12(3-5-13)9-17(31)27-14(6-7-16(25)30)19(34)26-10-18(32)33/h2-5,11,14-15,29H,6-10H2,1H3,(H2,25,30)(H,26,34)(H,27,31)(H,32,33)/t11?,14?,15-,20?/m0/s1. The lowest BCUT2D eigenvalue weighted by atomic mass is 10.00. The average Bonchev–Trinajstić information content (AvgIpc) is 3.64. The molecule has 10 nitrogen and oxygen atoms in total. The van der Waals surface area contributed by atoms with Crippen LogP contribution >= 0.6 is 0 Å². The molecule has 34 heavy (non-hydrogen) atoms. The first-order valence-corrected chi connectivity index (χ1v) is 10.7. The van der Waals surface area contributed by atoms with Crippen molar-refractivity contribution in [3.8, 4) is 0 Å². The zero-order valence-electron chi connectivity index (χ0n) is 18.3. The molecule has 5 atom stereocenters. The Balaban J connectivity index is 1.64. The maximum Gasteiger partial charge on any atom is 0.431 e. The minimum atomic E-state index is -4.56. The molecule has 0 radical (unpaired) electrons. The largest absolute Gasteiger partial charge is 0.480 e. The maximum absolute atomic E-state index is 13.8. The van der Waals surface area contributed by atoms with Gasteiger partial charge in [-0.25, -0.2) is 0 Å². The molecule has 1 aromatic carbocycles. The average molecular weight is 485 g/mol. The van der Waals surface area contributed by atoms with Crippen LogP contribution in [0.25, 0.3) is 5.43 Å². The first kappa shape index (κ1) is 25.4. The SMILES string of the molecule is CC1C[C@@H]1[NH+]1[N-]C1(c1ccc(CC(=O)NC(CCC(N)=O)C(=O)NCC(=O)O)cc1)C(F)(F)F. The number of carbonyl (C=O) groups is 4. The Labute approximate surface area is 193 Å². The Morgan fingerprint density at radius 2 is 1.88 bits per heavy atom. The van der Waals surface area contributed by atoms with Crippen molar-refractivity contribution in [2.45, 2.75) is 56.5 Å². The number of nitrogens with two attached hydrogens (primary N) is 1. The molecule has 1 saturated heterocycles. The topological polar surface area (TPSA) is 157 Å². The summed E-state index contributed by atoms with van der Waals surface area (Å²) in [6.07, 6.45) is -4.47. The lowest BCUT2D eigenvalue weighted by Gasteiger charge is -2.22. The summed E-state index contributed by atoms with van der Waals surface area (Å²) in [5.41, 5.74) is 7.03. The van der Waals surface area contributed by atoms with E-state index in [4.69, 9.17) is 10.8 Å². The van der Waals surface area contributed by atoms with E-state index in [1.165, 1.54) is 24.3 Å². The van der Waals surface area contributed by atoms with Gasteiger partial charge in [-0.2, -0.15) is 13.2 Å². The van der Waals surface area contributed by atoms with Gasteiger partial charge in [-0.05, 0) is 12.0 Å². The summed E-state index contributed by atoms with van der Waals surface area (Å²) < 4.78 is 41.5. The van der Waals surface area contributed by atoms with Gasteiger partial charge < -0.3 is 31.9 Å². The zero-order chi connectivity index (χ0) is 25.3. The van der Waals surface area contributed by atoms with E-state index in [0.717, 1.165) is 0 Å². The highest BCUT2D eigenvalue weighted by Gasteiger charge is 2.70. The van der Waals surface area contributed by atoms with Crippen molar-refractivity contribution in [2.24, 2.45) is 11.7 Å². The first-order valence-electron chi connectivity index (χ1n) is 10.7. The fourth-order valence-corrected chi connectivity index (χ4v) is 3.93. The molecule has 2 fully saturated rings. The van der Waals surface area contributed by atoms with Gasteiger partial charge in [0.15, 0.2) is 5.66 Å². The summed E-state index contributed by atoms with van der Waals surface area (Å²) in [7, 11) is 0. The Morgan fingerprint density at radius 3 is 2.38 bits per heavy atom. The number of nitrogens with one attached hydrogen (secondary N) is 3. The second kappa shape index (κ2) is 9.58. The molecule has 6 N–H and O–H groups in total. The number of primary amides is 1. The number of hydrogen-bond donors (Lipinski definition) is 5. The summed E-state index contributed by atoms with van der Waals surface area (Å²) in [6.45, 7) is 1.21. The van der Waals surface area contributed by atoms with Crippen molar-refractivity contribution in [3.05, 3.63) is 40.8 Å². The molecule has 0 spiro atoms. The van der Waals surface area contributed by atoms with E-state index in [1.54, 1.807) is 0 Å². The van der Waals surface area contributed by atoms with Gasteiger partial charge in [-0.3, -0.25) is 19.2 Å². The molecule has 1 aliphatic carbocycles. The number of amides is 3. The van der Waals surface area contributed by atoms with Crippen LogP contribution < -0.4 is 21.4 Å². The van der Waals surface area contributed by atoms with E-state index in [0.29, 0.717) is 12.0 Å². The predicted octanol–water partition coefficient (Wildman–Crippen LogP) is -0.509. The lowest BCUT2D eigenvalue weighted by Crippen LogP contribution is -2.98. The van der Waals surface area contributed by atoms with Gasteiger partial charge in [0.25, 0.3) is 0 Å². The number of carboxylic acids is 1. The fraction of sp³-hybridized carbons (Fsp3) is 0.524. The molecule has 1 aromatic rings. The number of halogens is 3. The van der Waals surface area contributed by atoms with Gasteiger partial charge in [-0.15, -0.1) is 0 Å². The molecule has 13 heteroatoms. The van der Waals surface area contributed by atoms with Gasteiger partial charge in [0.2, 0.25) is 17.7 Å². The molecule has 3 amide bonds. The van der Waals surface area contributed by atoms with Crippen LogP contribution in [0.2, 0.25) is 0 Å². The van der Waals surface area contributed by atoms with Gasteiger partial charge >= 0.3 is 12.1 Å². The highest BCUT2D eigenvalue weighted by molar-refractivity contribution is 5.90. The van der Waals surface area contributed by atoms with E-state index in [1.807, 2.05) is 6.92 Å². The van der Waals surface area contributed by atoms with Crippen molar-refractivity contribution in [1.82, 2.24) is 10.6 Å². The minimum absolute atomic E-state index is 0.00867. The lowest BCUT2D eigenvalue weighted by molar-refractivity contribution is -0.809. The van der Waals surface area contributed by atoms with Gasteiger partial charge in [-0.1, -0.05) is 31.2 Å². The Morgan fingerprint density at radius 1 is 1.26 bits per heavy atom. The second-order valence-corrected chi connectivity index (χ2v) is 8.64. The van der Waals surface area contributed by atoms with Crippen LogP contribution in [0.1, 0.15) is 37.3 Å². The second-order valence-electron chi connectivity index (χ2n) is 8.64. The van der Waals surface area contributed by atoms with Crippen molar-refractivity contribution < 1.29 is 42.5 Å². The van der Waals surface area contributed by atoms with Crippen LogP contribution in [-0.2, 0) is 31.3 Å². The molecule has 0 bridgehead atoms. The van der Waals surface area contributed by atoms with E-state index in [-0.39, 0.29) is 41.8 Å². The third-order valence-electron chi connectivity index (χ3n) is 5.96. The van der Waals surface area contributed by atoms with Gasteiger partial charge in [0.05, 0.1) is 12.5 Å². The molecule has 4 unspecified atom stereocenters. The van der Waals surface area contributed by atoms with E-state index in [9.17, 15) is 32.3 Å².